The maximum absolute atomic E-state index is 13.0. The van der Waals surface area contributed by atoms with E-state index in [1.54, 1.807) is 36.4 Å². The summed E-state index contributed by atoms with van der Waals surface area (Å²) in [5.41, 5.74) is 1.38. The van der Waals surface area contributed by atoms with Crippen molar-refractivity contribution in [2.75, 3.05) is 26.2 Å². The van der Waals surface area contributed by atoms with Crippen LogP contribution in [-0.4, -0.2) is 54.9 Å². The van der Waals surface area contributed by atoms with Crippen LogP contribution < -0.4 is 5.36 Å². The second kappa shape index (κ2) is 8.45. The fourth-order valence-corrected chi connectivity index (χ4v) is 5.19. The number of piperazine rings is 1. The van der Waals surface area contributed by atoms with Gasteiger partial charge in [0.15, 0.2) is 5.76 Å². The van der Waals surface area contributed by atoms with E-state index in [4.69, 9.17) is 4.42 Å². The van der Waals surface area contributed by atoms with Crippen molar-refractivity contribution in [2.45, 2.75) is 11.8 Å². The average molecular weight is 506 g/mol. The minimum absolute atomic E-state index is 0.0371. The van der Waals surface area contributed by atoms with Gasteiger partial charge in [-0.15, -0.1) is 0 Å². The second-order valence-corrected chi connectivity index (χ2v) is 10.1. The molecule has 3 aromatic rings. The van der Waals surface area contributed by atoms with Crippen LogP contribution in [0, 0.1) is 6.92 Å². The molecule has 0 spiro atoms. The Labute approximate surface area is 187 Å². The zero-order valence-electron chi connectivity index (χ0n) is 16.7. The predicted octanol–water partition coefficient (Wildman–Crippen LogP) is 2.94. The van der Waals surface area contributed by atoms with Crippen molar-refractivity contribution in [1.29, 1.82) is 0 Å². The highest BCUT2D eigenvalue weighted by molar-refractivity contribution is 9.10. The lowest BCUT2D eigenvalue weighted by atomic mass is 10.1. The molecular weight excluding hydrogens is 486 g/mol. The molecule has 10 heteroatoms. The lowest BCUT2D eigenvalue weighted by Crippen LogP contribution is -2.50. The number of carbonyl (C=O) groups excluding carboxylic acids is 1. The van der Waals surface area contributed by atoms with Gasteiger partial charge in [0.1, 0.15) is 10.9 Å². The van der Waals surface area contributed by atoms with E-state index in [1.165, 1.54) is 15.3 Å². The molecule has 1 aliphatic rings. The molecule has 8 nitrogen and oxygen atoms in total. The molecule has 1 aliphatic heterocycles. The molecule has 0 radical (unpaired) electrons. The number of hydrogen-bond acceptors (Lipinski definition) is 6. The van der Waals surface area contributed by atoms with Crippen molar-refractivity contribution in [3.63, 3.8) is 0 Å². The van der Waals surface area contributed by atoms with Crippen molar-refractivity contribution < 1.29 is 22.8 Å². The van der Waals surface area contributed by atoms with Gasteiger partial charge in [-0.1, -0.05) is 27.2 Å². The number of sulfonamides is 1. The number of fused-ring (bicyclic) bond motifs is 1. The van der Waals surface area contributed by atoms with Gasteiger partial charge in [0.25, 0.3) is 5.91 Å². The zero-order chi connectivity index (χ0) is 22.2. The first-order valence-electron chi connectivity index (χ1n) is 9.57. The Morgan fingerprint density at radius 2 is 1.74 bits per heavy atom. The first-order chi connectivity index (χ1) is 14.8. The highest BCUT2D eigenvalue weighted by atomic mass is 79.9. The van der Waals surface area contributed by atoms with Gasteiger partial charge in [0.2, 0.25) is 10.0 Å². The van der Waals surface area contributed by atoms with Gasteiger partial charge in [0.05, 0.1) is 4.90 Å². The van der Waals surface area contributed by atoms with Gasteiger partial charge in [0, 0.05) is 42.1 Å². The Morgan fingerprint density at radius 3 is 2.39 bits per heavy atom. The summed E-state index contributed by atoms with van der Waals surface area (Å²) < 4.78 is 33.7. The van der Waals surface area contributed by atoms with Crippen molar-refractivity contribution in [3.8, 4) is 0 Å². The summed E-state index contributed by atoms with van der Waals surface area (Å²) in [5, 5.41) is 13.5. The maximum Gasteiger partial charge on any atom is 0.289 e. The van der Waals surface area contributed by atoms with E-state index >= 15 is 0 Å². The minimum atomic E-state index is -3.63. The van der Waals surface area contributed by atoms with Crippen LogP contribution in [0.1, 0.15) is 16.1 Å². The molecule has 0 atom stereocenters. The third-order valence-electron chi connectivity index (χ3n) is 5.20. The zero-order valence-corrected chi connectivity index (χ0v) is 19.1. The highest BCUT2D eigenvalue weighted by Gasteiger charge is 2.31. The lowest BCUT2D eigenvalue weighted by Gasteiger charge is -2.33. The SMILES string of the molecule is Cc1ccc2/c(=N\O)cc(C(=O)N3CCN(S(=O)(=O)c4ccc(Br)cc4)CC3)oc2c1. The topological polar surface area (TPSA) is 103 Å². The fraction of sp³-hybridized carbons (Fsp3) is 0.238. The predicted molar refractivity (Wildman–Crippen MR) is 117 cm³/mol. The summed E-state index contributed by atoms with van der Waals surface area (Å²) in [6, 6.07) is 13.2. The molecule has 162 valence electrons. The van der Waals surface area contributed by atoms with Gasteiger partial charge in [-0.2, -0.15) is 4.31 Å². The molecule has 0 saturated carbocycles. The molecule has 0 unspecified atom stereocenters. The number of halogens is 1. The quantitative estimate of drug-likeness (QED) is 0.435. The largest absolute Gasteiger partial charge is 0.451 e. The Kier molecular flexibility index (Phi) is 5.87. The number of hydrogen-bond donors (Lipinski definition) is 1. The monoisotopic (exact) mass is 505 g/mol. The molecule has 0 bridgehead atoms. The molecule has 4 rings (SSSR count). The summed E-state index contributed by atoms with van der Waals surface area (Å²) in [7, 11) is -3.63. The third-order valence-corrected chi connectivity index (χ3v) is 7.64. The highest BCUT2D eigenvalue weighted by Crippen LogP contribution is 2.21. The molecule has 1 saturated heterocycles. The second-order valence-electron chi connectivity index (χ2n) is 7.25. The average Bonchev–Trinajstić information content (AvgIpc) is 2.78. The summed E-state index contributed by atoms with van der Waals surface area (Å²) in [4.78, 5) is 14.7. The van der Waals surface area contributed by atoms with Crippen LogP contribution in [-0.2, 0) is 10.0 Å². The van der Waals surface area contributed by atoms with Gasteiger partial charge >= 0.3 is 0 Å². The minimum Gasteiger partial charge on any atom is -0.451 e. The van der Waals surface area contributed by atoms with E-state index in [1.807, 2.05) is 13.0 Å². The number of aryl methyl sites for hydroxylation is 1. The number of nitrogens with zero attached hydrogens (tertiary/aromatic N) is 3. The number of amides is 1. The van der Waals surface area contributed by atoms with Crippen LogP contribution >= 0.6 is 15.9 Å². The maximum atomic E-state index is 13.0. The van der Waals surface area contributed by atoms with Crippen molar-refractivity contribution in [1.82, 2.24) is 9.21 Å². The molecule has 1 amide bonds. The van der Waals surface area contributed by atoms with Gasteiger partial charge < -0.3 is 14.5 Å². The molecule has 0 aliphatic carbocycles. The molecule has 2 heterocycles. The molecule has 1 fully saturated rings. The van der Waals surface area contributed by atoms with Crippen LogP contribution in [0.25, 0.3) is 11.0 Å². The lowest BCUT2D eigenvalue weighted by molar-refractivity contribution is 0.0666. The van der Waals surface area contributed by atoms with Crippen molar-refractivity contribution in [3.05, 3.63) is 69.7 Å². The van der Waals surface area contributed by atoms with Crippen LogP contribution in [0.5, 0.6) is 0 Å². The molecule has 31 heavy (non-hydrogen) atoms. The van der Waals surface area contributed by atoms with E-state index < -0.39 is 10.0 Å². The van der Waals surface area contributed by atoms with E-state index in [0.29, 0.717) is 11.0 Å². The summed E-state index contributed by atoms with van der Waals surface area (Å²) in [6.45, 7) is 2.69. The Bertz CT molecular complexity index is 1310. The number of rotatable bonds is 3. The Morgan fingerprint density at radius 1 is 1.06 bits per heavy atom. The van der Waals surface area contributed by atoms with Crippen LogP contribution in [0.3, 0.4) is 0 Å². The van der Waals surface area contributed by atoms with Crippen LogP contribution in [0.4, 0.5) is 0 Å². The molecule has 1 aromatic heterocycles. The standard InChI is InChI=1S/C21H20BrN3O5S/c1-14-2-7-17-18(23-27)13-20(30-19(17)12-14)21(26)24-8-10-25(11-9-24)31(28,29)16-5-3-15(22)4-6-16/h2-7,12-13,27H,8-11H2,1H3/b23-18-. The van der Waals surface area contributed by atoms with E-state index in [2.05, 4.69) is 21.1 Å². The Balaban J connectivity index is 1.54. The smallest absolute Gasteiger partial charge is 0.289 e. The van der Waals surface area contributed by atoms with Gasteiger partial charge in [-0.3, -0.25) is 4.79 Å². The number of carbonyl (C=O) groups is 1. The first-order valence-corrected chi connectivity index (χ1v) is 11.8. The first kappa shape index (κ1) is 21.5. The molecular formula is C21H20BrN3O5S. The van der Waals surface area contributed by atoms with Gasteiger partial charge in [-0.05, 0) is 48.9 Å². The molecule has 1 N–H and O–H groups in total. The fourth-order valence-electron chi connectivity index (χ4n) is 3.51. The summed E-state index contributed by atoms with van der Waals surface area (Å²) in [6.07, 6.45) is 0. The van der Waals surface area contributed by atoms with Crippen molar-refractivity contribution >= 4 is 42.8 Å². The summed E-state index contributed by atoms with van der Waals surface area (Å²) in [5.74, 6) is -0.343. The van der Waals surface area contributed by atoms with Gasteiger partial charge in [-0.25, -0.2) is 8.42 Å². The Hall–Kier alpha value is -2.69. The summed E-state index contributed by atoms with van der Waals surface area (Å²) >= 11 is 3.30. The van der Waals surface area contributed by atoms with Crippen LogP contribution in [0.15, 0.2) is 67.5 Å². The van der Waals surface area contributed by atoms with E-state index in [-0.39, 0.29) is 48.1 Å². The van der Waals surface area contributed by atoms with Crippen LogP contribution in [0.2, 0.25) is 0 Å². The van der Waals surface area contributed by atoms with Crippen molar-refractivity contribution in [2.24, 2.45) is 5.16 Å². The van der Waals surface area contributed by atoms with E-state index in [9.17, 15) is 18.4 Å². The normalized spacial score (nSPS) is 16.1. The molecule has 2 aromatic carbocycles. The third kappa shape index (κ3) is 4.23. The number of benzene rings is 2. The van der Waals surface area contributed by atoms with E-state index in [0.717, 1.165) is 10.0 Å².